The summed E-state index contributed by atoms with van der Waals surface area (Å²) in [6.07, 6.45) is 3.28. The molecule has 1 amide bonds. The molecule has 5 nitrogen and oxygen atoms in total. The van der Waals surface area contributed by atoms with Crippen molar-refractivity contribution in [3.63, 3.8) is 0 Å². The average molecular weight is 323 g/mol. The minimum atomic E-state index is 0.0769. The summed E-state index contributed by atoms with van der Waals surface area (Å²) < 4.78 is 5.92. The average Bonchev–Trinajstić information content (AvgIpc) is 2.58. The first kappa shape index (κ1) is 17.2. The molecule has 1 saturated carbocycles. The number of hydrogen-bond acceptors (Lipinski definition) is 4. The topological polar surface area (TPSA) is 44.8 Å². The van der Waals surface area contributed by atoms with Crippen LogP contribution in [0.3, 0.4) is 0 Å². The lowest BCUT2D eigenvalue weighted by molar-refractivity contribution is -0.193. The number of carbonyl (C=O) groups excluding carboxylic acids is 1. The summed E-state index contributed by atoms with van der Waals surface area (Å²) in [4.78, 5) is 17.3. The van der Waals surface area contributed by atoms with E-state index in [4.69, 9.17) is 4.74 Å². The third-order valence-corrected chi connectivity index (χ3v) is 6.21. The number of nitrogens with zero attached hydrogens (tertiary/aromatic N) is 2. The molecule has 0 radical (unpaired) electrons. The van der Waals surface area contributed by atoms with Gasteiger partial charge in [0, 0.05) is 63.1 Å². The van der Waals surface area contributed by atoms with Gasteiger partial charge in [0.2, 0.25) is 5.91 Å². The van der Waals surface area contributed by atoms with Gasteiger partial charge in [-0.15, -0.1) is 0 Å². The van der Waals surface area contributed by atoms with Crippen molar-refractivity contribution in [2.45, 2.75) is 52.2 Å². The SMILES string of the molecule is CCN1CCN(CCC(=O)N[C@@H]2[C@H]3CCCO[C@@H]3C2(C)C)CC1. The van der Waals surface area contributed by atoms with Crippen LogP contribution in [0.15, 0.2) is 0 Å². The van der Waals surface area contributed by atoms with Crippen molar-refractivity contribution in [3.8, 4) is 0 Å². The minimum Gasteiger partial charge on any atom is -0.377 e. The number of ether oxygens (including phenoxy) is 1. The summed E-state index contributed by atoms with van der Waals surface area (Å²) in [7, 11) is 0. The Kier molecular flexibility index (Phi) is 5.29. The molecule has 3 aliphatic rings. The Bertz CT molecular complexity index is 418. The van der Waals surface area contributed by atoms with Crippen molar-refractivity contribution >= 4 is 5.91 Å². The highest BCUT2D eigenvalue weighted by atomic mass is 16.5. The summed E-state index contributed by atoms with van der Waals surface area (Å²) >= 11 is 0. The highest BCUT2D eigenvalue weighted by Gasteiger charge is 2.58. The Morgan fingerprint density at radius 1 is 1.22 bits per heavy atom. The standard InChI is InChI=1S/C18H33N3O2/c1-4-20-9-11-21(12-10-20)8-7-15(22)19-16-14-6-5-13-23-17(14)18(16,2)3/h14,16-17H,4-13H2,1-3H3,(H,19,22)/t14-,16-,17+/m1/s1. The number of nitrogens with one attached hydrogen (secondary N) is 1. The van der Waals surface area contributed by atoms with E-state index in [1.807, 2.05) is 0 Å². The van der Waals surface area contributed by atoms with Gasteiger partial charge in [0.25, 0.3) is 0 Å². The van der Waals surface area contributed by atoms with Crippen LogP contribution in [0.2, 0.25) is 0 Å². The molecule has 1 aliphatic carbocycles. The maximum atomic E-state index is 12.4. The normalized spacial score (nSPS) is 34.5. The molecule has 1 N–H and O–H groups in total. The van der Waals surface area contributed by atoms with Gasteiger partial charge < -0.3 is 19.9 Å². The number of likely N-dealkylation sites (N-methyl/N-ethyl adjacent to an activating group) is 1. The maximum Gasteiger partial charge on any atom is 0.221 e. The number of hydrogen-bond donors (Lipinski definition) is 1. The van der Waals surface area contributed by atoms with E-state index in [9.17, 15) is 4.79 Å². The molecule has 2 saturated heterocycles. The molecule has 3 rings (SSSR count). The van der Waals surface area contributed by atoms with Gasteiger partial charge in [-0.25, -0.2) is 0 Å². The van der Waals surface area contributed by atoms with E-state index < -0.39 is 0 Å². The van der Waals surface area contributed by atoms with Crippen molar-refractivity contribution in [1.29, 1.82) is 0 Å². The smallest absolute Gasteiger partial charge is 0.221 e. The zero-order valence-corrected chi connectivity index (χ0v) is 15.0. The van der Waals surface area contributed by atoms with E-state index in [-0.39, 0.29) is 17.4 Å². The third-order valence-electron chi connectivity index (χ3n) is 6.21. The fraction of sp³-hybridized carbons (Fsp3) is 0.944. The lowest BCUT2D eigenvalue weighted by atomic mass is 9.55. The van der Waals surface area contributed by atoms with Crippen LogP contribution in [0.5, 0.6) is 0 Å². The molecule has 0 aromatic heterocycles. The molecule has 2 heterocycles. The number of fused-ring (bicyclic) bond motifs is 1. The predicted octanol–water partition coefficient (Wildman–Crippen LogP) is 1.33. The van der Waals surface area contributed by atoms with E-state index in [0.29, 0.717) is 18.4 Å². The summed E-state index contributed by atoms with van der Waals surface area (Å²) in [6.45, 7) is 14.0. The number of amides is 1. The Morgan fingerprint density at radius 3 is 2.61 bits per heavy atom. The van der Waals surface area contributed by atoms with Gasteiger partial charge in [0.1, 0.15) is 0 Å². The second kappa shape index (κ2) is 7.08. The minimum absolute atomic E-state index is 0.0769. The molecule has 132 valence electrons. The van der Waals surface area contributed by atoms with Crippen LogP contribution >= 0.6 is 0 Å². The summed E-state index contributed by atoms with van der Waals surface area (Å²) in [5.41, 5.74) is 0.0769. The molecule has 2 aliphatic heterocycles. The number of piperazine rings is 1. The third kappa shape index (κ3) is 3.57. The molecule has 5 heteroatoms. The summed E-state index contributed by atoms with van der Waals surface area (Å²) in [6, 6.07) is 0.289. The van der Waals surface area contributed by atoms with Crippen LogP contribution < -0.4 is 5.32 Å². The Hall–Kier alpha value is -0.650. The van der Waals surface area contributed by atoms with Gasteiger partial charge in [0.05, 0.1) is 6.10 Å². The molecule has 0 spiro atoms. The van der Waals surface area contributed by atoms with Crippen molar-refractivity contribution in [1.82, 2.24) is 15.1 Å². The zero-order chi connectivity index (χ0) is 16.4. The molecule has 0 aromatic rings. The van der Waals surface area contributed by atoms with Crippen molar-refractivity contribution < 1.29 is 9.53 Å². The van der Waals surface area contributed by atoms with Gasteiger partial charge in [-0.2, -0.15) is 0 Å². The van der Waals surface area contributed by atoms with Crippen LogP contribution in [0.25, 0.3) is 0 Å². The monoisotopic (exact) mass is 323 g/mol. The molecule has 0 bridgehead atoms. The predicted molar refractivity (Wildman–Crippen MR) is 91.3 cm³/mol. The van der Waals surface area contributed by atoms with Gasteiger partial charge in [0.15, 0.2) is 0 Å². The molecule has 0 aromatic carbocycles. The van der Waals surface area contributed by atoms with Crippen LogP contribution in [0, 0.1) is 11.3 Å². The fourth-order valence-electron chi connectivity index (χ4n) is 4.65. The molecule has 3 fully saturated rings. The molecular formula is C18H33N3O2. The van der Waals surface area contributed by atoms with Crippen LogP contribution in [0.1, 0.15) is 40.0 Å². The second-order valence-corrected chi connectivity index (χ2v) is 7.99. The second-order valence-electron chi connectivity index (χ2n) is 7.99. The summed E-state index contributed by atoms with van der Waals surface area (Å²) in [5.74, 6) is 0.737. The molecular weight excluding hydrogens is 290 g/mol. The fourth-order valence-corrected chi connectivity index (χ4v) is 4.65. The number of rotatable bonds is 5. The van der Waals surface area contributed by atoms with Gasteiger partial charge in [-0.3, -0.25) is 4.79 Å². The van der Waals surface area contributed by atoms with E-state index in [1.54, 1.807) is 0 Å². The Labute approximate surface area is 140 Å². The first-order valence-electron chi connectivity index (χ1n) is 9.38. The Balaban J connectivity index is 1.41. The van der Waals surface area contributed by atoms with Gasteiger partial charge in [-0.05, 0) is 19.4 Å². The number of carbonyl (C=O) groups is 1. The van der Waals surface area contributed by atoms with E-state index in [2.05, 4.69) is 35.9 Å². The van der Waals surface area contributed by atoms with E-state index in [0.717, 1.165) is 52.3 Å². The van der Waals surface area contributed by atoms with Crippen LogP contribution in [-0.4, -0.2) is 73.7 Å². The zero-order valence-electron chi connectivity index (χ0n) is 15.0. The first-order chi connectivity index (χ1) is 11.0. The maximum absolute atomic E-state index is 12.4. The highest BCUT2D eigenvalue weighted by Crippen LogP contribution is 2.51. The van der Waals surface area contributed by atoms with E-state index >= 15 is 0 Å². The lowest BCUT2D eigenvalue weighted by Crippen LogP contribution is -2.70. The largest absolute Gasteiger partial charge is 0.377 e. The van der Waals surface area contributed by atoms with Gasteiger partial charge in [-0.1, -0.05) is 20.8 Å². The molecule has 3 atom stereocenters. The molecule has 23 heavy (non-hydrogen) atoms. The van der Waals surface area contributed by atoms with Crippen molar-refractivity contribution in [2.75, 3.05) is 45.9 Å². The highest BCUT2D eigenvalue weighted by molar-refractivity contribution is 5.76. The van der Waals surface area contributed by atoms with Crippen molar-refractivity contribution in [2.24, 2.45) is 11.3 Å². The van der Waals surface area contributed by atoms with Crippen LogP contribution in [-0.2, 0) is 9.53 Å². The lowest BCUT2D eigenvalue weighted by Gasteiger charge is -2.59. The Morgan fingerprint density at radius 2 is 1.91 bits per heavy atom. The summed E-state index contributed by atoms with van der Waals surface area (Å²) in [5, 5.41) is 3.31. The quantitative estimate of drug-likeness (QED) is 0.829. The van der Waals surface area contributed by atoms with E-state index in [1.165, 1.54) is 6.42 Å². The van der Waals surface area contributed by atoms with Crippen LogP contribution in [0.4, 0.5) is 0 Å². The van der Waals surface area contributed by atoms with Crippen molar-refractivity contribution in [3.05, 3.63) is 0 Å². The first-order valence-corrected chi connectivity index (χ1v) is 9.38. The molecule has 0 unspecified atom stereocenters. The van der Waals surface area contributed by atoms with Gasteiger partial charge >= 0.3 is 0 Å².